The molecule has 1 unspecified atom stereocenters. The van der Waals surface area contributed by atoms with Crippen molar-refractivity contribution >= 4 is 17.6 Å². The van der Waals surface area contributed by atoms with Crippen LogP contribution in [0.4, 0.5) is 18.9 Å². The fourth-order valence-electron chi connectivity index (χ4n) is 4.16. The number of amides is 1. The molecule has 2 aromatic heterocycles. The van der Waals surface area contributed by atoms with E-state index in [4.69, 9.17) is 19.1 Å². The Kier molecular flexibility index (Phi) is 7.62. The Morgan fingerprint density at radius 3 is 2.58 bits per heavy atom. The second kappa shape index (κ2) is 10.2. The maximum atomic E-state index is 12.9. The Balaban J connectivity index is 0.000000383. The van der Waals surface area contributed by atoms with Crippen molar-refractivity contribution in [1.29, 1.82) is 0 Å². The van der Waals surface area contributed by atoms with Crippen LogP contribution in [0.2, 0.25) is 0 Å². The first-order valence-corrected chi connectivity index (χ1v) is 10.5. The van der Waals surface area contributed by atoms with Crippen LogP contribution in [-0.4, -0.2) is 72.4 Å². The van der Waals surface area contributed by atoms with Gasteiger partial charge in [-0.3, -0.25) is 9.78 Å². The normalized spacial score (nSPS) is 21.2. The molecule has 1 N–H and O–H groups in total. The van der Waals surface area contributed by atoms with Gasteiger partial charge in [-0.1, -0.05) is 0 Å². The van der Waals surface area contributed by atoms with Crippen molar-refractivity contribution in [2.45, 2.75) is 25.9 Å². The molecule has 33 heavy (non-hydrogen) atoms. The third-order valence-electron chi connectivity index (χ3n) is 5.73. The van der Waals surface area contributed by atoms with Gasteiger partial charge in [0.2, 0.25) is 0 Å². The number of likely N-dealkylation sites (tertiary alicyclic amines) is 1. The number of nitrogens with zero attached hydrogens (tertiary/aromatic N) is 3. The lowest BCUT2D eigenvalue weighted by molar-refractivity contribution is -0.192. The maximum Gasteiger partial charge on any atom is 0.490 e. The summed E-state index contributed by atoms with van der Waals surface area (Å²) in [7, 11) is 0. The Bertz CT molecular complexity index is 950. The van der Waals surface area contributed by atoms with Gasteiger partial charge in [0, 0.05) is 37.8 Å². The van der Waals surface area contributed by atoms with Crippen LogP contribution in [0.5, 0.6) is 0 Å². The molecule has 2 aromatic rings. The number of aliphatic carboxylic acids is 1. The van der Waals surface area contributed by atoms with Crippen molar-refractivity contribution in [3.05, 3.63) is 48.2 Å². The number of carboxylic acids is 1. The van der Waals surface area contributed by atoms with E-state index in [-0.39, 0.29) is 11.3 Å². The Morgan fingerprint density at radius 1 is 1.21 bits per heavy atom. The smallest absolute Gasteiger partial charge is 0.475 e. The minimum atomic E-state index is -5.08. The zero-order valence-corrected chi connectivity index (χ0v) is 18.2. The van der Waals surface area contributed by atoms with Crippen molar-refractivity contribution in [1.82, 2.24) is 9.88 Å². The number of halogens is 3. The van der Waals surface area contributed by atoms with Gasteiger partial charge in [-0.2, -0.15) is 13.2 Å². The molecule has 0 saturated carbocycles. The molecule has 1 amide bonds. The van der Waals surface area contributed by atoms with Crippen molar-refractivity contribution in [2.24, 2.45) is 5.41 Å². The van der Waals surface area contributed by atoms with Crippen LogP contribution in [0.25, 0.3) is 0 Å². The van der Waals surface area contributed by atoms with E-state index in [0.29, 0.717) is 31.1 Å². The molecule has 8 nitrogen and oxygen atoms in total. The Hall–Kier alpha value is -3.08. The van der Waals surface area contributed by atoms with E-state index in [1.807, 2.05) is 24.1 Å². The summed E-state index contributed by atoms with van der Waals surface area (Å²) in [5.41, 5.74) is 1.74. The molecule has 180 valence electrons. The summed E-state index contributed by atoms with van der Waals surface area (Å²) in [6, 6.07) is 5.82. The van der Waals surface area contributed by atoms with Crippen molar-refractivity contribution < 1.29 is 37.0 Å². The summed E-state index contributed by atoms with van der Waals surface area (Å²) in [5.74, 6) is -2.01. The van der Waals surface area contributed by atoms with Gasteiger partial charge in [0.25, 0.3) is 5.91 Å². The van der Waals surface area contributed by atoms with E-state index in [9.17, 15) is 18.0 Å². The number of carboxylic acid groups (broad SMARTS) is 1. The molecule has 0 aromatic carbocycles. The number of ether oxygens (including phenoxy) is 1. The molecule has 4 heterocycles. The lowest BCUT2D eigenvalue weighted by Gasteiger charge is -2.43. The number of piperidine rings is 1. The molecule has 0 aliphatic carbocycles. The second-order valence-corrected chi connectivity index (χ2v) is 8.21. The molecule has 0 radical (unpaired) electrons. The van der Waals surface area contributed by atoms with Crippen LogP contribution in [0.15, 0.2) is 41.3 Å². The van der Waals surface area contributed by atoms with E-state index in [1.54, 1.807) is 18.5 Å². The zero-order chi connectivity index (χ0) is 24.1. The van der Waals surface area contributed by atoms with Gasteiger partial charge in [0.1, 0.15) is 5.76 Å². The van der Waals surface area contributed by atoms with Gasteiger partial charge in [0.05, 0.1) is 36.9 Å². The predicted octanol–water partition coefficient (Wildman–Crippen LogP) is 3.38. The standard InChI is InChI=1S/C20H25N3O3.C2HF3O2/c1-16-18(5-10-26-16)19(24)23-8-3-6-20(14-23)13-22(9-11-25-15-20)17-4-2-7-21-12-17;3-2(4,5)1(6)7/h2,4-5,7,10,12H,3,6,8-9,11,13-15H2,1H3;(H,6,7). The third-order valence-corrected chi connectivity index (χ3v) is 5.73. The minimum absolute atomic E-state index is 0.0438. The lowest BCUT2D eigenvalue weighted by Crippen LogP contribution is -2.52. The predicted molar refractivity (Wildman–Crippen MR) is 112 cm³/mol. The first-order chi connectivity index (χ1) is 15.6. The largest absolute Gasteiger partial charge is 0.490 e. The number of furan rings is 1. The molecule has 11 heteroatoms. The molecule has 2 saturated heterocycles. The first-order valence-electron chi connectivity index (χ1n) is 10.5. The molecule has 2 aliphatic heterocycles. The number of carbonyl (C=O) groups is 2. The molecular formula is C22H26F3N3O5. The lowest BCUT2D eigenvalue weighted by atomic mass is 9.79. The summed E-state index contributed by atoms with van der Waals surface area (Å²) < 4.78 is 43.0. The maximum absolute atomic E-state index is 12.9. The third kappa shape index (κ3) is 6.25. The van der Waals surface area contributed by atoms with Gasteiger partial charge in [-0.25, -0.2) is 4.79 Å². The van der Waals surface area contributed by atoms with E-state index in [0.717, 1.165) is 38.2 Å². The summed E-state index contributed by atoms with van der Waals surface area (Å²) in [6.07, 6.45) is 2.26. The van der Waals surface area contributed by atoms with Crippen LogP contribution in [0.1, 0.15) is 29.0 Å². The topological polar surface area (TPSA) is 96.1 Å². The summed E-state index contributed by atoms with van der Waals surface area (Å²) >= 11 is 0. The Morgan fingerprint density at radius 2 is 1.97 bits per heavy atom. The monoisotopic (exact) mass is 469 g/mol. The number of pyridine rings is 1. The van der Waals surface area contributed by atoms with Crippen LogP contribution in [-0.2, 0) is 9.53 Å². The molecule has 2 aliphatic rings. The highest BCUT2D eigenvalue weighted by Crippen LogP contribution is 2.35. The Labute approximate surface area is 188 Å². The second-order valence-electron chi connectivity index (χ2n) is 8.21. The SMILES string of the molecule is Cc1occc1C(=O)N1CCCC2(COCCN(c3cccnc3)C2)C1.O=C(O)C(F)(F)F. The van der Waals surface area contributed by atoms with Crippen molar-refractivity contribution in [3.63, 3.8) is 0 Å². The van der Waals surface area contributed by atoms with Crippen LogP contribution < -0.4 is 4.90 Å². The minimum Gasteiger partial charge on any atom is -0.475 e. The average molecular weight is 469 g/mol. The van der Waals surface area contributed by atoms with Crippen LogP contribution in [0, 0.1) is 12.3 Å². The average Bonchev–Trinajstić information content (AvgIpc) is 3.11. The molecule has 2 fully saturated rings. The number of aromatic nitrogens is 1. The van der Waals surface area contributed by atoms with Crippen LogP contribution >= 0.6 is 0 Å². The van der Waals surface area contributed by atoms with Gasteiger partial charge >= 0.3 is 12.1 Å². The van der Waals surface area contributed by atoms with Gasteiger partial charge in [-0.05, 0) is 38.0 Å². The molecule has 0 bridgehead atoms. The fourth-order valence-corrected chi connectivity index (χ4v) is 4.16. The van der Waals surface area contributed by atoms with E-state index < -0.39 is 12.1 Å². The quantitative estimate of drug-likeness (QED) is 0.720. The van der Waals surface area contributed by atoms with Crippen molar-refractivity contribution in [2.75, 3.05) is 44.3 Å². The van der Waals surface area contributed by atoms with E-state index in [2.05, 4.69) is 16.0 Å². The number of alkyl halides is 3. The molecule has 1 spiro atoms. The number of carbonyl (C=O) groups excluding carboxylic acids is 1. The number of rotatable bonds is 2. The zero-order valence-electron chi connectivity index (χ0n) is 18.2. The van der Waals surface area contributed by atoms with Gasteiger partial charge < -0.3 is 24.1 Å². The summed E-state index contributed by atoms with van der Waals surface area (Å²) in [4.78, 5) is 30.4. The molecule has 4 rings (SSSR count). The van der Waals surface area contributed by atoms with Crippen molar-refractivity contribution in [3.8, 4) is 0 Å². The number of hydrogen-bond acceptors (Lipinski definition) is 6. The number of hydrogen-bond donors (Lipinski definition) is 1. The molecular weight excluding hydrogens is 443 g/mol. The van der Waals surface area contributed by atoms with Gasteiger partial charge in [0.15, 0.2) is 0 Å². The van der Waals surface area contributed by atoms with E-state index >= 15 is 0 Å². The highest BCUT2D eigenvalue weighted by Gasteiger charge is 2.41. The highest BCUT2D eigenvalue weighted by molar-refractivity contribution is 5.95. The van der Waals surface area contributed by atoms with Crippen LogP contribution in [0.3, 0.4) is 0 Å². The molecule has 1 atom stereocenters. The number of anilines is 1. The number of aryl methyl sites for hydroxylation is 1. The summed E-state index contributed by atoms with van der Waals surface area (Å²) in [5, 5.41) is 7.12. The summed E-state index contributed by atoms with van der Waals surface area (Å²) in [6.45, 7) is 6.47. The fraction of sp³-hybridized carbons (Fsp3) is 0.500. The van der Waals surface area contributed by atoms with E-state index in [1.165, 1.54) is 0 Å². The van der Waals surface area contributed by atoms with Gasteiger partial charge in [-0.15, -0.1) is 0 Å². The highest BCUT2D eigenvalue weighted by atomic mass is 19.4. The first kappa shape index (κ1) is 24.6.